The summed E-state index contributed by atoms with van der Waals surface area (Å²) in [7, 11) is -4.35. The van der Waals surface area contributed by atoms with Crippen molar-refractivity contribution < 1.29 is 30.9 Å². The molecule has 1 aromatic carbocycles. The molecular formula is C16H17F3N4O4S. The number of hydrogen-bond acceptors (Lipinski definition) is 6. The Balaban J connectivity index is 1.61. The molecule has 0 saturated carbocycles. The molecule has 0 aliphatic carbocycles. The molecule has 0 N–H and O–H groups in total. The van der Waals surface area contributed by atoms with Crippen LogP contribution in [0.4, 0.5) is 13.2 Å². The first-order chi connectivity index (χ1) is 13.2. The van der Waals surface area contributed by atoms with Gasteiger partial charge in [0.05, 0.1) is 0 Å². The molecule has 1 aliphatic rings. The van der Waals surface area contributed by atoms with Gasteiger partial charge in [-0.25, -0.2) is 21.6 Å². The number of nitrogens with zero attached hydrogens (tertiary/aromatic N) is 4. The molecular weight excluding hydrogens is 401 g/mol. The minimum Gasteiger partial charge on any atom is -0.340 e. The Labute approximate surface area is 159 Å². The summed E-state index contributed by atoms with van der Waals surface area (Å²) in [6.45, 7) is 1.65. The molecule has 152 valence electrons. The zero-order valence-electron chi connectivity index (χ0n) is 14.9. The van der Waals surface area contributed by atoms with Gasteiger partial charge < -0.3 is 9.42 Å². The van der Waals surface area contributed by atoms with Gasteiger partial charge in [0.2, 0.25) is 21.8 Å². The zero-order chi connectivity index (χ0) is 20.5. The SMILES string of the molecule is Cc1noc(CCC(=O)N2CCN(S(=O)(=O)c3ccc(F)c(F)c3F)CC2)n1. The molecule has 2 heterocycles. The van der Waals surface area contributed by atoms with Gasteiger partial charge >= 0.3 is 0 Å². The molecule has 1 saturated heterocycles. The lowest BCUT2D eigenvalue weighted by atomic mass is 10.2. The highest BCUT2D eigenvalue weighted by molar-refractivity contribution is 7.89. The van der Waals surface area contributed by atoms with Crippen LogP contribution >= 0.6 is 0 Å². The summed E-state index contributed by atoms with van der Waals surface area (Å²) in [6.07, 6.45) is 0.379. The topological polar surface area (TPSA) is 96.6 Å². The van der Waals surface area contributed by atoms with Crippen molar-refractivity contribution in [2.45, 2.75) is 24.7 Å². The number of carbonyl (C=O) groups is 1. The largest absolute Gasteiger partial charge is 0.340 e. The van der Waals surface area contributed by atoms with E-state index in [1.807, 2.05) is 0 Å². The second-order valence-corrected chi connectivity index (χ2v) is 8.10. The van der Waals surface area contributed by atoms with E-state index in [2.05, 4.69) is 10.1 Å². The van der Waals surface area contributed by atoms with E-state index in [-0.39, 0.29) is 44.9 Å². The number of amides is 1. The average molecular weight is 418 g/mol. The standard InChI is InChI=1S/C16H17F3N4O4S/c1-10-20-13(27-21-10)4-5-14(24)22-6-8-23(9-7-22)28(25,26)12-3-2-11(17)15(18)16(12)19/h2-3H,4-9H2,1H3. The van der Waals surface area contributed by atoms with Gasteiger partial charge in [0.1, 0.15) is 4.90 Å². The second-order valence-electron chi connectivity index (χ2n) is 6.19. The van der Waals surface area contributed by atoms with Gasteiger partial charge in [0.15, 0.2) is 23.3 Å². The van der Waals surface area contributed by atoms with Crippen LogP contribution in [0.3, 0.4) is 0 Å². The van der Waals surface area contributed by atoms with Crippen molar-refractivity contribution >= 4 is 15.9 Å². The number of halogens is 3. The van der Waals surface area contributed by atoms with Gasteiger partial charge in [-0.3, -0.25) is 4.79 Å². The van der Waals surface area contributed by atoms with Crippen LogP contribution in [0.1, 0.15) is 18.1 Å². The van der Waals surface area contributed by atoms with Gasteiger partial charge in [-0.1, -0.05) is 5.16 Å². The van der Waals surface area contributed by atoms with Gasteiger partial charge in [-0.15, -0.1) is 0 Å². The normalized spacial score (nSPS) is 15.8. The minimum atomic E-state index is -4.35. The van der Waals surface area contributed by atoms with Crippen LogP contribution in [-0.4, -0.2) is 59.8 Å². The monoisotopic (exact) mass is 418 g/mol. The Kier molecular flexibility index (Phi) is 5.70. The molecule has 0 radical (unpaired) electrons. The van der Waals surface area contributed by atoms with E-state index in [9.17, 15) is 26.4 Å². The average Bonchev–Trinajstić information content (AvgIpc) is 3.09. The smallest absolute Gasteiger partial charge is 0.246 e. The van der Waals surface area contributed by atoms with E-state index in [0.29, 0.717) is 23.8 Å². The molecule has 0 atom stereocenters. The lowest BCUT2D eigenvalue weighted by Crippen LogP contribution is -2.50. The summed E-state index contributed by atoms with van der Waals surface area (Å²) < 4.78 is 71.2. The van der Waals surface area contributed by atoms with Gasteiger partial charge in [-0.05, 0) is 19.1 Å². The Morgan fingerprint density at radius 3 is 2.43 bits per heavy atom. The van der Waals surface area contributed by atoms with Crippen LogP contribution in [0.15, 0.2) is 21.6 Å². The van der Waals surface area contributed by atoms with Crippen LogP contribution in [0.2, 0.25) is 0 Å². The first kappa shape index (κ1) is 20.3. The number of carbonyl (C=O) groups excluding carboxylic acids is 1. The van der Waals surface area contributed by atoms with E-state index in [1.165, 1.54) is 4.90 Å². The lowest BCUT2D eigenvalue weighted by Gasteiger charge is -2.34. The van der Waals surface area contributed by atoms with Crippen LogP contribution in [0.5, 0.6) is 0 Å². The van der Waals surface area contributed by atoms with Crippen molar-refractivity contribution in [3.05, 3.63) is 41.3 Å². The van der Waals surface area contributed by atoms with Crippen LogP contribution in [0, 0.1) is 24.4 Å². The predicted molar refractivity (Wildman–Crippen MR) is 89.0 cm³/mol. The van der Waals surface area contributed by atoms with Crippen molar-refractivity contribution in [2.24, 2.45) is 0 Å². The molecule has 1 aliphatic heterocycles. The Hall–Kier alpha value is -2.47. The predicted octanol–water partition coefficient (Wildman–Crippen LogP) is 1.26. The molecule has 2 aromatic rings. The van der Waals surface area contributed by atoms with E-state index < -0.39 is 32.4 Å². The van der Waals surface area contributed by atoms with Gasteiger partial charge in [0, 0.05) is 39.0 Å². The molecule has 28 heavy (non-hydrogen) atoms. The molecule has 12 heteroatoms. The summed E-state index contributed by atoms with van der Waals surface area (Å²) >= 11 is 0. The van der Waals surface area contributed by atoms with Gasteiger partial charge in [0.25, 0.3) is 0 Å². The van der Waals surface area contributed by atoms with E-state index in [4.69, 9.17) is 4.52 Å². The van der Waals surface area contributed by atoms with E-state index >= 15 is 0 Å². The van der Waals surface area contributed by atoms with Crippen molar-refractivity contribution in [3.8, 4) is 0 Å². The molecule has 1 aromatic heterocycles. The summed E-state index contributed by atoms with van der Waals surface area (Å²) in [5.74, 6) is -4.48. The van der Waals surface area contributed by atoms with Crippen molar-refractivity contribution in [3.63, 3.8) is 0 Å². The Morgan fingerprint density at radius 1 is 1.14 bits per heavy atom. The molecule has 3 rings (SSSR count). The Morgan fingerprint density at radius 2 is 1.82 bits per heavy atom. The molecule has 1 fully saturated rings. The second kappa shape index (κ2) is 7.87. The van der Waals surface area contributed by atoms with Crippen molar-refractivity contribution in [1.82, 2.24) is 19.3 Å². The molecule has 8 nitrogen and oxygen atoms in total. The maximum absolute atomic E-state index is 13.9. The summed E-state index contributed by atoms with van der Waals surface area (Å²) in [5, 5.41) is 3.63. The maximum atomic E-state index is 13.9. The number of benzene rings is 1. The number of sulfonamides is 1. The summed E-state index contributed by atoms with van der Waals surface area (Å²) in [5.41, 5.74) is 0. The summed E-state index contributed by atoms with van der Waals surface area (Å²) in [4.78, 5) is 16.8. The molecule has 0 spiro atoms. The first-order valence-electron chi connectivity index (χ1n) is 8.40. The van der Waals surface area contributed by atoms with E-state index in [0.717, 1.165) is 4.31 Å². The fourth-order valence-corrected chi connectivity index (χ4v) is 4.32. The number of piperazine rings is 1. The first-order valence-corrected chi connectivity index (χ1v) is 9.84. The van der Waals surface area contributed by atoms with Crippen molar-refractivity contribution in [1.29, 1.82) is 0 Å². The lowest BCUT2D eigenvalue weighted by molar-refractivity contribution is -0.132. The molecule has 1 amide bonds. The third kappa shape index (κ3) is 4.02. The van der Waals surface area contributed by atoms with Crippen LogP contribution in [0.25, 0.3) is 0 Å². The molecule has 0 unspecified atom stereocenters. The fourth-order valence-electron chi connectivity index (χ4n) is 2.84. The van der Waals surface area contributed by atoms with Gasteiger partial charge in [-0.2, -0.15) is 9.29 Å². The number of aromatic nitrogens is 2. The van der Waals surface area contributed by atoms with Crippen LogP contribution in [-0.2, 0) is 21.2 Å². The number of rotatable bonds is 5. The highest BCUT2D eigenvalue weighted by atomic mass is 32.2. The quantitative estimate of drug-likeness (QED) is 0.679. The minimum absolute atomic E-state index is 0.0895. The van der Waals surface area contributed by atoms with Crippen LogP contribution < -0.4 is 0 Å². The number of hydrogen-bond donors (Lipinski definition) is 0. The third-order valence-corrected chi connectivity index (χ3v) is 6.25. The maximum Gasteiger partial charge on any atom is 0.246 e. The van der Waals surface area contributed by atoms with Crippen molar-refractivity contribution in [2.75, 3.05) is 26.2 Å². The fraction of sp³-hybridized carbons (Fsp3) is 0.438. The Bertz CT molecular complexity index is 988. The zero-order valence-corrected chi connectivity index (χ0v) is 15.7. The summed E-state index contributed by atoms with van der Waals surface area (Å²) in [6, 6.07) is 1.25. The highest BCUT2D eigenvalue weighted by Gasteiger charge is 2.33. The molecule has 0 bridgehead atoms. The number of aryl methyl sites for hydroxylation is 2. The highest BCUT2D eigenvalue weighted by Crippen LogP contribution is 2.24. The van der Waals surface area contributed by atoms with E-state index in [1.54, 1.807) is 6.92 Å². The third-order valence-electron chi connectivity index (χ3n) is 4.33.